The molecule has 1 aliphatic rings. The van der Waals surface area contributed by atoms with Crippen molar-refractivity contribution in [2.24, 2.45) is 5.41 Å². The van der Waals surface area contributed by atoms with E-state index in [1.807, 2.05) is 0 Å². The molecule has 1 unspecified atom stereocenters. The monoisotopic (exact) mass is 337 g/mol. The van der Waals surface area contributed by atoms with E-state index in [0.29, 0.717) is 16.3 Å². The van der Waals surface area contributed by atoms with E-state index in [-0.39, 0.29) is 23.3 Å². The second kappa shape index (κ2) is 6.89. The summed E-state index contributed by atoms with van der Waals surface area (Å²) in [7, 11) is 3.33. The molecule has 1 heterocycles. The molecule has 0 aromatic heterocycles. The number of piperidine rings is 1. The van der Waals surface area contributed by atoms with Gasteiger partial charge in [-0.3, -0.25) is 9.59 Å². The molecule has 2 N–H and O–H groups in total. The fraction of sp³-hybridized carbons (Fsp3) is 0.529. The van der Waals surface area contributed by atoms with Crippen LogP contribution in [0.5, 0.6) is 0 Å². The van der Waals surface area contributed by atoms with Crippen molar-refractivity contribution in [2.75, 3.05) is 26.0 Å². The molecule has 1 fully saturated rings. The lowest BCUT2D eigenvalue weighted by Crippen LogP contribution is -2.53. The third-order valence-electron chi connectivity index (χ3n) is 4.26. The normalized spacial score (nSPS) is 20.0. The van der Waals surface area contributed by atoms with Gasteiger partial charge < -0.3 is 15.5 Å². The van der Waals surface area contributed by atoms with Crippen molar-refractivity contribution in [3.8, 4) is 0 Å². The van der Waals surface area contributed by atoms with Crippen molar-refractivity contribution >= 4 is 29.1 Å². The van der Waals surface area contributed by atoms with Crippen LogP contribution in [0, 0.1) is 5.41 Å². The van der Waals surface area contributed by atoms with Gasteiger partial charge in [-0.2, -0.15) is 0 Å². The number of anilines is 1. The zero-order chi connectivity index (χ0) is 17.2. The van der Waals surface area contributed by atoms with Gasteiger partial charge in [-0.15, -0.1) is 0 Å². The molecule has 1 aromatic carbocycles. The molecule has 1 aromatic rings. The molecule has 126 valence electrons. The highest BCUT2D eigenvalue weighted by Crippen LogP contribution is 2.31. The first-order valence-corrected chi connectivity index (χ1v) is 8.15. The molecule has 1 aliphatic heterocycles. The molecule has 0 radical (unpaired) electrons. The first kappa shape index (κ1) is 17.8. The summed E-state index contributed by atoms with van der Waals surface area (Å²) < 4.78 is 0. The van der Waals surface area contributed by atoms with E-state index in [1.54, 1.807) is 32.3 Å². The number of nitrogens with zero attached hydrogens (tertiary/aromatic N) is 1. The Labute approximate surface area is 142 Å². The predicted molar refractivity (Wildman–Crippen MR) is 92.9 cm³/mol. The van der Waals surface area contributed by atoms with Crippen molar-refractivity contribution in [1.82, 2.24) is 10.2 Å². The Bertz CT molecular complexity index is 614. The number of carbonyl (C=O) groups excluding carboxylic acids is 2. The quantitative estimate of drug-likeness (QED) is 0.891. The van der Waals surface area contributed by atoms with Crippen molar-refractivity contribution in [3.63, 3.8) is 0 Å². The van der Waals surface area contributed by atoms with Crippen LogP contribution in [0.3, 0.4) is 0 Å². The summed E-state index contributed by atoms with van der Waals surface area (Å²) in [6.07, 6.45) is 2.07. The molecule has 0 bridgehead atoms. The summed E-state index contributed by atoms with van der Waals surface area (Å²) in [5, 5.41) is 6.55. The van der Waals surface area contributed by atoms with Gasteiger partial charge >= 0.3 is 0 Å². The minimum atomic E-state index is -0.250. The number of carbonyl (C=O) groups is 2. The number of halogens is 1. The van der Waals surface area contributed by atoms with Gasteiger partial charge in [0.05, 0.1) is 16.6 Å². The molecule has 0 aliphatic carbocycles. The Morgan fingerprint density at radius 2 is 2.04 bits per heavy atom. The third kappa shape index (κ3) is 4.03. The highest BCUT2D eigenvalue weighted by molar-refractivity contribution is 6.34. The third-order valence-corrected chi connectivity index (χ3v) is 4.59. The number of benzene rings is 1. The fourth-order valence-electron chi connectivity index (χ4n) is 2.88. The van der Waals surface area contributed by atoms with Crippen LogP contribution in [-0.4, -0.2) is 43.4 Å². The Morgan fingerprint density at radius 3 is 2.65 bits per heavy atom. The van der Waals surface area contributed by atoms with E-state index >= 15 is 0 Å². The average Bonchev–Trinajstić information content (AvgIpc) is 2.47. The maximum Gasteiger partial charge on any atom is 0.254 e. The molecule has 2 rings (SSSR count). The number of hydrogen-bond acceptors (Lipinski definition) is 3. The Kier molecular flexibility index (Phi) is 5.32. The molecule has 5 nitrogen and oxygen atoms in total. The minimum Gasteiger partial charge on any atom is -0.345 e. The van der Waals surface area contributed by atoms with Crippen LogP contribution in [0.25, 0.3) is 0 Å². The zero-order valence-corrected chi connectivity index (χ0v) is 14.8. The second-order valence-corrected chi connectivity index (χ2v) is 7.27. The van der Waals surface area contributed by atoms with Crippen LogP contribution in [0.2, 0.25) is 5.02 Å². The lowest BCUT2D eigenvalue weighted by Gasteiger charge is -2.38. The average molecular weight is 338 g/mol. The molecule has 2 amide bonds. The lowest BCUT2D eigenvalue weighted by atomic mass is 9.77. The molecular weight excluding hydrogens is 314 g/mol. The molecule has 0 saturated carbocycles. The maximum absolute atomic E-state index is 12.6. The predicted octanol–water partition coefficient (Wildman–Crippen LogP) is 2.76. The SMILES string of the molecule is CN(C)C(=O)c1cc(NC(=O)C2NCCCC2(C)C)ccc1Cl. The van der Waals surface area contributed by atoms with Gasteiger partial charge in [0.2, 0.25) is 5.91 Å². The van der Waals surface area contributed by atoms with E-state index in [0.717, 1.165) is 19.4 Å². The molecule has 6 heteroatoms. The molecule has 1 atom stereocenters. The van der Waals surface area contributed by atoms with Gasteiger partial charge in [-0.25, -0.2) is 0 Å². The number of rotatable bonds is 3. The number of amides is 2. The van der Waals surface area contributed by atoms with E-state index < -0.39 is 0 Å². The highest BCUT2D eigenvalue weighted by atomic mass is 35.5. The van der Waals surface area contributed by atoms with Gasteiger partial charge in [0.15, 0.2) is 0 Å². The standard InChI is InChI=1S/C17H24ClN3O2/c1-17(2)8-5-9-19-14(17)15(22)20-11-6-7-13(18)12(10-11)16(23)21(3)4/h6-7,10,14,19H,5,8-9H2,1-4H3,(H,20,22). The highest BCUT2D eigenvalue weighted by Gasteiger charge is 2.37. The van der Waals surface area contributed by atoms with Gasteiger partial charge in [-0.1, -0.05) is 25.4 Å². The van der Waals surface area contributed by atoms with Crippen LogP contribution in [0.4, 0.5) is 5.69 Å². The van der Waals surface area contributed by atoms with E-state index in [9.17, 15) is 9.59 Å². The summed E-state index contributed by atoms with van der Waals surface area (Å²) in [5.74, 6) is -0.275. The molecule has 0 spiro atoms. The van der Waals surface area contributed by atoms with Crippen molar-refractivity contribution in [2.45, 2.75) is 32.7 Å². The molecular formula is C17H24ClN3O2. The fourth-order valence-corrected chi connectivity index (χ4v) is 3.08. The summed E-state index contributed by atoms with van der Waals surface area (Å²) in [5.41, 5.74) is 0.856. The van der Waals surface area contributed by atoms with Crippen LogP contribution in [-0.2, 0) is 4.79 Å². The van der Waals surface area contributed by atoms with Crippen LogP contribution in [0.1, 0.15) is 37.0 Å². The largest absolute Gasteiger partial charge is 0.345 e. The zero-order valence-electron chi connectivity index (χ0n) is 14.1. The summed E-state index contributed by atoms with van der Waals surface area (Å²) >= 11 is 6.09. The topological polar surface area (TPSA) is 61.4 Å². The van der Waals surface area contributed by atoms with Crippen LogP contribution in [0.15, 0.2) is 18.2 Å². The van der Waals surface area contributed by atoms with Gasteiger partial charge in [-0.05, 0) is 43.0 Å². The lowest BCUT2D eigenvalue weighted by molar-refractivity contribution is -0.121. The smallest absolute Gasteiger partial charge is 0.254 e. The number of hydrogen-bond donors (Lipinski definition) is 2. The number of nitrogens with one attached hydrogen (secondary N) is 2. The minimum absolute atomic E-state index is 0.0831. The van der Waals surface area contributed by atoms with Crippen LogP contribution >= 0.6 is 11.6 Å². The van der Waals surface area contributed by atoms with E-state index in [4.69, 9.17) is 11.6 Å². The summed E-state index contributed by atoms with van der Waals surface area (Å²) in [6, 6.07) is 4.72. The first-order chi connectivity index (χ1) is 10.7. The van der Waals surface area contributed by atoms with E-state index in [2.05, 4.69) is 24.5 Å². The Morgan fingerprint density at radius 1 is 1.35 bits per heavy atom. The van der Waals surface area contributed by atoms with E-state index in [1.165, 1.54) is 4.90 Å². The van der Waals surface area contributed by atoms with Gasteiger partial charge in [0.25, 0.3) is 5.91 Å². The Hall–Kier alpha value is -1.59. The van der Waals surface area contributed by atoms with Crippen molar-refractivity contribution in [3.05, 3.63) is 28.8 Å². The maximum atomic E-state index is 12.6. The molecule has 1 saturated heterocycles. The van der Waals surface area contributed by atoms with Crippen molar-refractivity contribution in [1.29, 1.82) is 0 Å². The first-order valence-electron chi connectivity index (χ1n) is 7.78. The summed E-state index contributed by atoms with van der Waals surface area (Å²) in [4.78, 5) is 26.2. The summed E-state index contributed by atoms with van der Waals surface area (Å²) in [6.45, 7) is 5.02. The molecule has 23 heavy (non-hydrogen) atoms. The Balaban J connectivity index is 2.18. The van der Waals surface area contributed by atoms with Gasteiger partial charge in [0.1, 0.15) is 0 Å². The van der Waals surface area contributed by atoms with Crippen molar-refractivity contribution < 1.29 is 9.59 Å². The van der Waals surface area contributed by atoms with Crippen LogP contribution < -0.4 is 10.6 Å². The van der Waals surface area contributed by atoms with Gasteiger partial charge in [0, 0.05) is 19.8 Å². The second-order valence-electron chi connectivity index (χ2n) is 6.86.